The van der Waals surface area contributed by atoms with E-state index in [0.29, 0.717) is 16.1 Å². The molecule has 1 unspecified atom stereocenters. The molecule has 1 saturated heterocycles. The molecule has 0 aliphatic carbocycles. The average molecular weight is 284 g/mol. The number of rotatable bonds is 2. The third kappa shape index (κ3) is 2.07. The zero-order chi connectivity index (χ0) is 11.7. The normalized spacial score (nSPS) is 20.1. The summed E-state index contributed by atoms with van der Waals surface area (Å²) in [5, 5.41) is 8.93. The first-order valence-electron chi connectivity index (χ1n) is 5.39. The van der Waals surface area contributed by atoms with Crippen LogP contribution in [0.25, 0.3) is 0 Å². The van der Waals surface area contributed by atoms with Crippen LogP contribution in [-0.4, -0.2) is 23.7 Å². The Balaban J connectivity index is 2.30. The van der Waals surface area contributed by atoms with Gasteiger partial charge in [-0.15, -0.1) is 0 Å². The number of benzene rings is 1. The van der Waals surface area contributed by atoms with Gasteiger partial charge in [-0.05, 0) is 53.9 Å². The molecule has 2 rings (SSSR count). The van der Waals surface area contributed by atoms with Gasteiger partial charge in [-0.1, -0.05) is 0 Å². The highest BCUT2D eigenvalue weighted by molar-refractivity contribution is 9.10. The van der Waals surface area contributed by atoms with Crippen LogP contribution in [-0.2, 0) is 0 Å². The summed E-state index contributed by atoms with van der Waals surface area (Å²) in [6.07, 6.45) is 2.41. The molecule has 0 aromatic heterocycles. The number of carboxylic acids is 1. The lowest BCUT2D eigenvalue weighted by atomic mass is 10.2. The van der Waals surface area contributed by atoms with Gasteiger partial charge in [0, 0.05) is 22.7 Å². The lowest BCUT2D eigenvalue weighted by Crippen LogP contribution is -2.26. The van der Waals surface area contributed by atoms with Crippen LogP contribution < -0.4 is 4.90 Å². The topological polar surface area (TPSA) is 40.5 Å². The van der Waals surface area contributed by atoms with E-state index < -0.39 is 5.97 Å². The van der Waals surface area contributed by atoms with Crippen molar-refractivity contribution in [3.63, 3.8) is 0 Å². The van der Waals surface area contributed by atoms with Crippen molar-refractivity contribution < 1.29 is 9.90 Å². The van der Waals surface area contributed by atoms with Crippen molar-refractivity contribution in [1.29, 1.82) is 0 Å². The highest BCUT2D eigenvalue weighted by Gasteiger charge is 2.21. The molecule has 1 atom stereocenters. The predicted molar refractivity (Wildman–Crippen MR) is 67.1 cm³/mol. The molecule has 1 N–H and O–H groups in total. The molecular weight excluding hydrogens is 270 g/mol. The van der Waals surface area contributed by atoms with Gasteiger partial charge in [0.15, 0.2) is 0 Å². The number of carbonyl (C=O) groups is 1. The average Bonchev–Trinajstić information content (AvgIpc) is 2.63. The van der Waals surface area contributed by atoms with E-state index in [1.54, 1.807) is 6.07 Å². The maximum absolute atomic E-state index is 10.9. The molecular formula is C12H14BrNO2. The van der Waals surface area contributed by atoms with Crippen molar-refractivity contribution in [2.75, 3.05) is 11.4 Å². The molecule has 0 amide bonds. The Morgan fingerprint density at radius 1 is 1.56 bits per heavy atom. The Morgan fingerprint density at radius 2 is 2.31 bits per heavy atom. The highest BCUT2D eigenvalue weighted by Crippen LogP contribution is 2.29. The van der Waals surface area contributed by atoms with Crippen LogP contribution in [0.2, 0.25) is 0 Å². The second-order valence-corrected chi connectivity index (χ2v) is 5.01. The van der Waals surface area contributed by atoms with E-state index in [1.807, 2.05) is 12.1 Å². The van der Waals surface area contributed by atoms with Gasteiger partial charge in [0.05, 0.1) is 5.56 Å². The van der Waals surface area contributed by atoms with Gasteiger partial charge in [0.1, 0.15) is 0 Å². The molecule has 0 spiro atoms. The molecule has 1 aliphatic rings. The quantitative estimate of drug-likeness (QED) is 0.907. The fourth-order valence-electron chi connectivity index (χ4n) is 2.17. The Bertz CT molecular complexity index is 419. The molecule has 0 bridgehead atoms. The predicted octanol–water partition coefficient (Wildman–Crippen LogP) is 3.14. The third-order valence-electron chi connectivity index (χ3n) is 3.07. The summed E-state index contributed by atoms with van der Waals surface area (Å²) in [6.45, 7) is 3.26. The van der Waals surface area contributed by atoms with E-state index in [0.717, 1.165) is 12.2 Å². The van der Waals surface area contributed by atoms with Crippen LogP contribution in [0, 0.1) is 0 Å². The zero-order valence-electron chi connectivity index (χ0n) is 9.11. The van der Waals surface area contributed by atoms with Crippen molar-refractivity contribution in [1.82, 2.24) is 0 Å². The number of halogens is 1. The van der Waals surface area contributed by atoms with Gasteiger partial charge >= 0.3 is 5.97 Å². The summed E-state index contributed by atoms with van der Waals surface area (Å²) in [5.74, 6) is -0.895. The second-order valence-electron chi connectivity index (χ2n) is 4.15. The minimum Gasteiger partial charge on any atom is -0.478 e. The number of aromatic carboxylic acids is 1. The molecule has 0 saturated carbocycles. The fraction of sp³-hybridized carbons (Fsp3) is 0.417. The van der Waals surface area contributed by atoms with Crippen LogP contribution in [0.5, 0.6) is 0 Å². The molecule has 16 heavy (non-hydrogen) atoms. The summed E-state index contributed by atoms with van der Waals surface area (Å²) in [4.78, 5) is 13.2. The monoisotopic (exact) mass is 283 g/mol. The Hall–Kier alpha value is -1.03. The molecule has 1 heterocycles. The van der Waals surface area contributed by atoms with E-state index in [4.69, 9.17) is 5.11 Å². The minimum absolute atomic E-state index is 0.315. The van der Waals surface area contributed by atoms with E-state index in [1.165, 1.54) is 12.8 Å². The molecule has 1 aliphatic heterocycles. The van der Waals surface area contributed by atoms with Crippen molar-refractivity contribution in [2.45, 2.75) is 25.8 Å². The Morgan fingerprint density at radius 3 is 2.81 bits per heavy atom. The van der Waals surface area contributed by atoms with E-state index in [9.17, 15) is 4.79 Å². The maximum Gasteiger partial charge on any atom is 0.336 e. The van der Waals surface area contributed by atoms with Crippen LogP contribution in [0.4, 0.5) is 5.69 Å². The minimum atomic E-state index is -0.895. The van der Waals surface area contributed by atoms with Crippen LogP contribution in [0.15, 0.2) is 22.7 Å². The lowest BCUT2D eigenvalue weighted by Gasteiger charge is -2.24. The maximum atomic E-state index is 10.9. The Labute approximate surface area is 103 Å². The lowest BCUT2D eigenvalue weighted by molar-refractivity contribution is 0.0696. The molecule has 3 nitrogen and oxygen atoms in total. The number of anilines is 1. The summed E-state index contributed by atoms with van der Waals surface area (Å²) >= 11 is 3.31. The van der Waals surface area contributed by atoms with Crippen molar-refractivity contribution in [3.05, 3.63) is 28.2 Å². The van der Waals surface area contributed by atoms with Gasteiger partial charge in [-0.3, -0.25) is 0 Å². The second kappa shape index (κ2) is 4.45. The van der Waals surface area contributed by atoms with Gasteiger partial charge in [0.2, 0.25) is 0 Å². The van der Waals surface area contributed by atoms with Crippen molar-refractivity contribution in [2.24, 2.45) is 0 Å². The standard InChI is InChI=1S/C12H14BrNO2/c1-8-3-2-6-14(8)9-4-5-10(12(15)16)11(13)7-9/h4-5,7-8H,2-3,6H2,1H3,(H,15,16). The first-order valence-corrected chi connectivity index (χ1v) is 6.18. The van der Waals surface area contributed by atoms with E-state index >= 15 is 0 Å². The molecule has 86 valence electrons. The smallest absolute Gasteiger partial charge is 0.336 e. The van der Waals surface area contributed by atoms with E-state index in [-0.39, 0.29) is 0 Å². The number of carboxylic acid groups (broad SMARTS) is 1. The summed E-state index contributed by atoms with van der Waals surface area (Å²) in [5.41, 5.74) is 1.41. The van der Waals surface area contributed by atoms with Crippen LogP contribution in [0.3, 0.4) is 0 Å². The van der Waals surface area contributed by atoms with Gasteiger partial charge < -0.3 is 10.0 Å². The molecule has 1 aromatic rings. The Kier molecular flexibility index (Phi) is 3.19. The van der Waals surface area contributed by atoms with Crippen LogP contribution in [0.1, 0.15) is 30.1 Å². The first-order chi connectivity index (χ1) is 7.59. The number of hydrogen-bond acceptors (Lipinski definition) is 2. The summed E-state index contributed by atoms with van der Waals surface area (Å²) in [7, 11) is 0. The number of nitrogens with zero attached hydrogens (tertiary/aromatic N) is 1. The van der Waals surface area contributed by atoms with Crippen molar-refractivity contribution >= 4 is 27.6 Å². The number of hydrogen-bond donors (Lipinski definition) is 1. The van der Waals surface area contributed by atoms with Gasteiger partial charge in [-0.25, -0.2) is 4.79 Å². The molecule has 0 radical (unpaired) electrons. The van der Waals surface area contributed by atoms with Gasteiger partial charge in [-0.2, -0.15) is 0 Å². The molecule has 1 fully saturated rings. The fourth-order valence-corrected chi connectivity index (χ4v) is 2.71. The SMILES string of the molecule is CC1CCCN1c1ccc(C(=O)O)c(Br)c1. The van der Waals surface area contributed by atoms with Gasteiger partial charge in [0.25, 0.3) is 0 Å². The summed E-state index contributed by atoms with van der Waals surface area (Å²) in [6, 6.07) is 5.98. The largest absolute Gasteiger partial charge is 0.478 e. The first kappa shape index (κ1) is 11.5. The molecule has 1 aromatic carbocycles. The highest BCUT2D eigenvalue weighted by atomic mass is 79.9. The van der Waals surface area contributed by atoms with E-state index in [2.05, 4.69) is 27.8 Å². The zero-order valence-corrected chi connectivity index (χ0v) is 10.7. The van der Waals surface area contributed by atoms with Crippen LogP contribution >= 0.6 is 15.9 Å². The summed E-state index contributed by atoms with van der Waals surface area (Å²) < 4.78 is 0.650. The molecule has 4 heteroatoms. The third-order valence-corrected chi connectivity index (χ3v) is 3.72. The van der Waals surface area contributed by atoms with Crippen molar-refractivity contribution in [3.8, 4) is 0 Å².